The average molecular weight is 426 g/mol. The van der Waals surface area contributed by atoms with Crippen LogP contribution >= 0.6 is 0 Å². The lowest BCUT2D eigenvalue weighted by Gasteiger charge is -2.15. The number of hydrogen-bond acceptors (Lipinski definition) is 4. The number of allylic oxidation sites excluding steroid dienone is 2. The van der Waals surface area contributed by atoms with Crippen LogP contribution in [-0.2, 0) is 6.61 Å². The van der Waals surface area contributed by atoms with Gasteiger partial charge < -0.3 is 9.84 Å². The van der Waals surface area contributed by atoms with Gasteiger partial charge in [-0.05, 0) is 66.8 Å². The maximum atomic E-state index is 14.1. The zero-order valence-corrected chi connectivity index (χ0v) is 16.2. The fourth-order valence-corrected chi connectivity index (χ4v) is 3.61. The topological polar surface area (TPSA) is 72.3 Å². The Morgan fingerprint density at radius 1 is 1.00 bits per heavy atom. The van der Waals surface area contributed by atoms with Gasteiger partial charge in [-0.15, -0.1) is 0 Å². The molecule has 0 bridgehead atoms. The van der Waals surface area contributed by atoms with E-state index in [1.54, 1.807) is 0 Å². The van der Waals surface area contributed by atoms with Crippen LogP contribution in [0.15, 0.2) is 48.8 Å². The maximum Gasteiger partial charge on any atom is 0.356 e. The molecule has 0 aliphatic heterocycles. The summed E-state index contributed by atoms with van der Waals surface area (Å²) in [6, 6.07) is 7.05. The van der Waals surface area contributed by atoms with Gasteiger partial charge in [0.15, 0.2) is 5.69 Å². The lowest BCUT2D eigenvalue weighted by molar-refractivity contribution is 0.0690. The molecule has 0 saturated heterocycles. The van der Waals surface area contributed by atoms with E-state index in [0.29, 0.717) is 29.8 Å². The lowest BCUT2D eigenvalue weighted by Crippen LogP contribution is -2.04. The van der Waals surface area contributed by atoms with Crippen molar-refractivity contribution in [2.45, 2.75) is 25.9 Å². The molecule has 1 heterocycles. The third kappa shape index (κ3) is 4.42. The number of carbonyl (C=O) groups is 1. The first-order valence-corrected chi connectivity index (χ1v) is 9.57. The van der Waals surface area contributed by atoms with E-state index in [2.05, 4.69) is 9.97 Å². The van der Waals surface area contributed by atoms with E-state index in [0.717, 1.165) is 42.0 Å². The van der Waals surface area contributed by atoms with E-state index in [9.17, 15) is 23.1 Å². The summed E-state index contributed by atoms with van der Waals surface area (Å²) in [4.78, 5) is 19.3. The second kappa shape index (κ2) is 8.59. The quantitative estimate of drug-likeness (QED) is 0.582. The number of carboxylic acids is 1. The second-order valence-electron chi connectivity index (χ2n) is 7.07. The minimum absolute atomic E-state index is 0.0379. The molecule has 3 aromatic rings. The minimum atomic E-state index is -1.19. The summed E-state index contributed by atoms with van der Waals surface area (Å²) in [5, 5.41) is 9.19. The van der Waals surface area contributed by atoms with Crippen LogP contribution in [0.3, 0.4) is 0 Å². The molecule has 158 valence electrons. The van der Waals surface area contributed by atoms with Crippen molar-refractivity contribution in [3.63, 3.8) is 0 Å². The Morgan fingerprint density at radius 3 is 2.55 bits per heavy atom. The Bertz CT molecular complexity index is 1190. The Labute approximate surface area is 175 Å². The Balaban J connectivity index is 1.72. The van der Waals surface area contributed by atoms with Crippen molar-refractivity contribution in [2.24, 2.45) is 0 Å². The Kier molecular flexibility index (Phi) is 5.70. The van der Waals surface area contributed by atoms with Gasteiger partial charge in [0, 0.05) is 11.1 Å². The van der Waals surface area contributed by atoms with Crippen molar-refractivity contribution < 1.29 is 27.8 Å². The summed E-state index contributed by atoms with van der Waals surface area (Å²) in [6.45, 7) is -0.237. The van der Waals surface area contributed by atoms with Crippen LogP contribution in [0.5, 0.6) is 5.75 Å². The number of rotatable bonds is 6. The highest BCUT2D eigenvalue weighted by Crippen LogP contribution is 2.42. The molecule has 0 spiro atoms. The summed E-state index contributed by atoms with van der Waals surface area (Å²) in [6.07, 6.45) is 4.60. The monoisotopic (exact) mass is 426 g/mol. The molecule has 1 aliphatic rings. The molecule has 1 aromatic heterocycles. The molecular weight excluding hydrogens is 409 g/mol. The van der Waals surface area contributed by atoms with Crippen molar-refractivity contribution in [2.75, 3.05) is 0 Å². The molecule has 0 saturated carbocycles. The molecule has 0 fully saturated rings. The van der Waals surface area contributed by atoms with Gasteiger partial charge in [-0.3, -0.25) is 4.98 Å². The van der Waals surface area contributed by atoms with Crippen LogP contribution < -0.4 is 4.74 Å². The minimum Gasteiger partial charge on any atom is -0.488 e. The van der Waals surface area contributed by atoms with E-state index >= 15 is 0 Å². The predicted molar refractivity (Wildman–Crippen MR) is 107 cm³/mol. The SMILES string of the molecule is O=C(O)c1cncc(C2=C(c3cc(F)ccc3OCc3cc(F)ccc3F)CCC2)n1. The number of halogens is 3. The summed E-state index contributed by atoms with van der Waals surface area (Å²) < 4.78 is 47.2. The maximum absolute atomic E-state index is 14.1. The molecule has 0 atom stereocenters. The van der Waals surface area contributed by atoms with Crippen molar-refractivity contribution in [3.05, 3.63) is 88.8 Å². The predicted octanol–water partition coefficient (Wildman–Crippen LogP) is 5.27. The lowest BCUT2D eigenvalue weighted by atomic mass is 9.99. The van der Waals surface area contributed by atoms with Gasteiger partial charge in [0.05, 0.1) is 18.1 Å². The van der Waals surface area contributed by atoms with E-state index in [4.69, 9.17) is 4.74 Å². The van der Waals surface area contributed by atoms with Gasteiger partial charge >= 0.3 is 5.97 Å². The largest absolute Gasteiger partial charge is 0.488 e. The summed E-state index contributed by atoms with van der Waals surface area (Å²) in [7, 11) is 0. The van der Waals surface area contributed by atoms with Crippen molar-refractivity contribution in [1.29, 1.82) is 0 Å². The molecule has 4 rings (SSSR count). The number of aromatic nitrogens is 2. The molecule has 31 heavy (non-hydrogen) atoms. The van der Waals surface area contributed by atoms with Crippen LogP contribution in [0.4, 0.5) is 13.2 Å². The molecule has 0 radical (unpaired) electrons. The third-order valence-electron chi connectivity index (χ3n) is 5.04. The van der Waals surface area contributed by atoms with Crippen molar-refractivity contribution >= 4 is 17.1 Å². The van der Waals surface area contributed by atoms with Crippen LogP contribution in [0.1, 0.15) is 46.6 Å². The zero-order valence-electron chi connectivity index (χ0n) is 16.2. The summed E-state index contributed by atoms with van der Waals surface area (Å²) >= 11 is 0. The highest BCUT2D eigenvalue weighted by molar-refractivity contribution is 5.94. The van der Waals surface area contributed by atoms with Gasteiger partial charge in [0.25, 0.3) is 0 Å². The van der Waals surface area contributed by atoms with Crippen LogP contribution in [0, 0.1) is 17.5 Å². The van der Waals surface area contributed by atoms with E-state index in [1.165, 1.54) is 24.4 Å². The van der Waals surface area contributed by atoms with Crippen molar-refractivity contribution in [1.82, 2.24) is 9.97 Å². The Morgan fingerprint density at radius 2 is 1.74 bits per heavy atom. The van der Waals surface area contributed by atoms with Gasteiger partial charge in [-0.25, -0.2) is 22.9 Å². The number of ether oxygens (including phenoxy) is 1. The first-order valence-electron chi connectivity index (χ1n) is 9.57. The highest BCUT2D eigenvalue weighted by atomic mass is 19.1. The Hall–Kier alpha value is -3.68. The first kappa shape index (κ1) is 20.6. The summed E-state index contributed by atoms with van der Waals surface area (Å²) in [5.74, 6) is -2.56. The number of hydrogen-bond donors (Lipinski definition) is 1. The van der Waals surface area contributed by atoms with Gasteiger partial charge in [0.2, 0.25) is 0 Å². The van der Waals surface area contributed by atoms with Gasteiger partial charge in [-0.2, -0.15) is 0 Å². The molecular formula is C23H17F3N2O3. The third-order valence-corrected chi connectivity index (χ3v) is 5.04. The molecule has 0 unspecified atom stereocenters. The number of carboxylic acid groups (broad SMARTS) is 1. The smallest absolute Gasteiger partial charge is 0.356 e. The number of benzene rings is 2. The van der Waals surface area contributed by atoms with Gasteiger partial charge in [0.1, 0.15) is 29.8 Å². The fraction of sp³-hybridized carbons (Fsp3) is 0.174. The fourth-order valence-electron chi connectivity index (χ4n) is 3.61. The average Bonchev–Trinajstić information content (AvgIpc) is 3.25. The zero-order chi connectivity index (χ0) is 22.0. The van der Waals surface area contributed by atoms with Crippen LogP contribution in [0.25, 0.3) is 11.1 Å². The molecule has 0 amide bonds. The molecule has 8 heteroatoms. The first-order chi connectivity index (χ1) is 14.9. The molecule has 5 nitrogen and oxygen atoms in total. The van der Waals surface area contributed by atoms with Crippen molar-refractivity contribution in [3.8, 4) is 5.75 Å². The van der Waals surface area contributed by atoms with E-state index in [1.807, 2.05) is 0 Å². The molecule has 2 aromatic carbocycles. The highest BCUT2D eigenvalue weighted by Gasteiger charge is 2.23. The second-order valence-corrected chi connectivity index (χ2v) is 7.07. The summed E-state index contributed by atoms with van der Waals surface area (Å²) in [5.41, 5.74) is 2.23. The van der Waals surface area contributed by atoms with Crippen LogP contribution in [-0.4, -0.2) is 21.0 Å². The number of nitrogens with zero attached hydrogens (tertiary/aromatic N) is 2. The van der Waals surface area contributed by atoms with Crippen LogP contribution in [0.2, 0.25) is 0 Å². The molecule has 1 N–H and O–H groups in total. The van der Waals surface area contributed by atoms with Gasteiger partial charge in [-0.1, -0.05) is 0 Å². The van der Waals surface area contributed by atoms with E-state index in [-0.39, 0.29) is 17.9 Å². The number of aromatic carboxylic acids is 1. The normalized spacial score (nSPS) is 13.5. The van der Waals surface area contributed by atoms with E-state index < -0.39 is 23.4 Å². The molecule has 1 aliphatic carbocycles. The standard InChI is InChI=1S/C23H17F3N2O3/c24-14-4-6-19(26)13(8-14)12-31-22-7-5-15(25)9-18(22)16-2-1-3-17(16)20-10-27-11-21(28-20)23(29)30/h4-11H,1-3,12H2,(H,29,30).